The van der Waals surface area contributed by atoms with Crippen molar-refractivity contribution >= 4 is 23.3 Å². The molecule has 6 nitrogen and oxygen atoms in total. The van der Waals surface area contributed by atoms with Gasteiger partial charge in [-0.2, -0.15) is 0 Å². The largest absolute Gasteiger partial charge is 0.508 e. The third-order valence-corrected chi connectivity index (χ3v) is 6.40. The van der Waals surface area contributed by atoms with E-state index in [0.29, 0.717) is 30.2 Å². The van der Waals surface area contributed by atoms with Crippen molar-refractivity contribution in [1.82, 2.24) is 9.88 Å². The highest BCUT2D eigenvalue weighted by Crippen LogP contribution is 2.41. The third kappa shape index (κ3) is 4.49. The number of β-amino-alcohol motifs (C(OH)–C–C–N with tert-alkyl or cyclic N) is 1. The summed E-state index contributed by atoms with van der Waals surface area (Å²) in [7, 11) is 0. The van der Waals surface area contributed by atoms with Gasteiger partial charge in [-0.05, 0) is 42.9 Å². The Morgan fingerprint density at radius 1 is 1.21 bits per heavy atom. The van der Waals surface area contributed by atoms with Gasteiger partial charge in [0.05, 0.1) is 17.5 Å². The van der Waals surface area contributed by atoms with E-state index in [1.54, 1.807) is 24.4 Å². The van der Waals surface area contributed by atoms with Gasteiger partial charge < -0.3 is 20.0 Å². The van der Waals surface area contributed by atoms with Crippen molar-refractivity contribution in [1.29, 1.82) is 0 Å². The molecule has 1 spiro atoms. The van der Waals surface area contributed by atoms with Crippen LogP contribution in [-0.2, 0) is 11.2 Å². The summed E-state index contributed by atoms with van der Waals surface area (Å²) in [5, 5.41) is 21.0. The summed E-state index contributed by atoms with van der Waals surface area (Å²) < 4.78 is 0. The molecule has 7 heteroatoms. The van der Waals surface area contributed by atoms with Gasteiger partial charge in [0.25, 0.3) is 0 Å². The summed E-state index contributed by atoms with van der Waals surface area (Å²) in [5.74, 6) is 1.02. The normalized spacial score (nSPS) is 21.4. The lowest BCUT2D eigenvalue weighted by atomic mass is 9.71. The Morgan fingerprint density at radius 2 is 1.97 bits per heavy atom. The fourth-order valence-corrected chi connectivity index (χ4v) is 4.72. The first-order valence-corrected chi connectivity index (χ1v) is 10.4. The van der Waals surface area contributed by atoms with Crippen molar-refractivity contribution in [2.75, 3.05) is 31.1 Å². The van der Waals surface area contributed by atoms with Crippen molar-refractivity contribution in [3.63, 3.8) is 0 Å². The van der Waals surface area contributed by atoms with Crippen LogP contribution in [-0.4, -0.2) is 58.3 Å². The number of phenols is 1. The number of halogens is 1. The standard InChI is InChI=1S/C22H26ClN3O3/c23-17-5-6-20(24-13-17)26-14-18(27)12-22(15-26)7-9-25(10-8-22)21(29)11-16-3-1-2-4-19(16)28/h1-6,13,18,27-28H,7-12,14-15H2. The van der Waals surface area contributed by atoms with Crippen molar-refractivity contribution in [3.05, 3.63) is 53.2 Å². The minimum atomic E-state index is -0.412. The predicted octanol–water partition coefficient (Wildman–Crippen LogP) is 2.86. The van der Waals surface area contributed by atoms with E-state index in [0.717, 1.165) is 31.6 Å². The van der Waals surface area contributed by atoms with Crippen LogP contribution in [0.15, 0.2) is 42.6 Å². The summed E-state index contributed by atoms with van der Waals surface area (Å²) in [6.45, 7) is 2.72. The molecule has 154 valence electrons. The van der Waals surface area contributed by atoms with E-state index >= 15 is 0 Å². The number of anilines is 1. The number of likely N-dealkylation sites (tertiary alicyclic amines) is 1. The molecule has 2 aliphatic rings. The van der Waals surface area contributed by atoms with Gasteiger partial charge in [0, 0.05) is 37.9 Å². The fraction of sp³-hybridized carbons (Fsp3) is 0.455. The number of carbonyl (C=O) groups is 1. The predicted molar refractivity (Wildman–Crippen MR) is 112 cm³/mol. The molecule has 2 fully saturated rings. The van der Waals surface area contributed by atoms with Crippen LogP contribution in [0.1, 0.15) is 24.8 Å². The van der Waals surface area contributed by atoms with E-state index in [1.807, 2.05) is 23.1 Å². The minimum absolute atomic E-state index is 0.0232. The topological polar surface area (TPSA) is 76.9 Å². The number of nitrogens with zero attached hydrogens (tertiary/aromatic N) is 3. The Bertz CT molecular complexity index is 866. The summed E-state index contributed by atoms with van der Waals surface area (Å²) >= 11 is 5.95. The number of para-hydroxylation sites is 1. The number of hydrogen-bond donors (Lipinski definition) is 2. The number of aromatic hydroxyl groups is 1. The van der Waals surface area contributed by atoms with E-state index in [1.165, 1.54) is 0 Å². The molecule has 29 heavy (non-hydrogen) atoms. The molecule has 0 radical (unpaired) electrons. The molecule has 4 rings (SSSR count). The number of carbonyl (C=O) groups excluding carboxylic acids is 1. The zero-order chi connectivity index (χ0) is 20.4. The average molecular weight is 416 g/mol. The van der Waals surface area contributed by atoms with Crippen LogP contribution in [0.4, 0.5) is 5.82 Å². The van der Waals surface area contributed by atoms with Crippen LogP contribution in [0.25, 0.3) is 0 Å². The molecule has 2 saturated heterocycles. The highest BCUT2D eigenvalue weighted by molar-refractivity contribution is 6.30. The van der Waals surface area contributed by atoms with Crippen LogP contribution in [0.3, 0.4) is 0 Å². The van der Waals surface area contributed by atoms with Gasteiger partial charge in [-0.25, -0.2) is 4.98 Å². The SMILES string of the molecule is O=C(Cc1ccccc1O)N1CCC2(CC1)CC(O)CN(c1ccc(Cl)cn1)C2. The second kappa shape index (κ2) is 8.20. The van der Waals surface area contributed by atoms with Crippen molar-refractivity contribution in [2.45, 2.75) is 31.8 Å². The molecule has 2 aliphatic heterocycles. The number of phenolic OH excluding ortho intramolecular Hbond substituents is 1. The summed E-state index contributed by atoms with van der Waals surface area (Å²) in [6.07, 6.45) is 3.87. The maximum atomic E-state index is 12.7. The lowest BCUT2D eigenvalue weighted by molar-refractivity contribution is -0.133. The lowest BCUT2D eigenvalue weighted by Crippen LogP contribution is -2.55. The monoisotopic (exact) mass is 415 g/mol. The molecule has 0 bridgehead atoms. The molecule has 1 amide bonds. The maximum Gasteiger partial charge on any atom is 0.227 e. The van der Waals surface area contributed by atoms with E-state index in [-0.39, 0.29) is 23.5 Å². The van der Waals surface area contributed by atoms with E-state index in [4.69, 9.17) is 11.6 Å². The van der Waals surface area contributed by atoms with Crippen LogP contribution < -0.4 is 4.90 Å². The van der Waals surface area contributed by atoms with E-state index in [9.17, 15) is 15.0 Å². The first kappa shape index (κ1) is 20.0. The Balaban J connectivity index is 1.40. The second-order valence-electron chi connectivity index (χ2n) is 8.26. The first-order chi connectivity index (χ1) is 13.9. The molecule has 1 unspecified atom stereocenters. The number of aliphatic hydroxyl groups is 1. The summed E-state index contributed by atoms with van der Waals surface area (Å²) in [4.78, 5) is 21.1. The zero-order valence-electron chi connectivity index (χ0n) is 16.3. The number of aliphatic hydroxyl groups excluding tert-OH is 1. The van der Waals surface area contributed by atoms with Crippen LogP contribution in [0.5, 0.6) is 5.75 Å². The Hall–Kier alpha value is -2.31. The Labute approximate surface area is 175 Å². The molecule has 0 aliphatic carbocycles. The molecule has 3 heterocycles. The number of piperidine rings is 2. The van der Waals surface area contributed by atoms with Crippen LogP contribution in [0, 0.1) is 5.41 Å². The van der Waals surface area contributed by atoms with Gasteiger partial charge in [0.1, 0.15) is 11.6 Å². The lowest BCUT2D eigenvalue weighted by Gasteiger charge is -2.49. The Morgan fingerprint density at radius 3 is 2.66 bits per heavy atom. The van der Waals surface area contributed by atoms with Gasteiger partial charge in [-0.15, -0.1) is 0 Å². The molecule has 1 aromatic heterocycles. The van der Waals surface area contributed by atoms with Crippen LogP contribution >= 0.6 is 11.6 Å². The van der Waals surface area contributed by atoms with Gasteiger partial charge in [-0.1, -0.05) is 29.8 Å². The molecule has 2 N–H and O–H groups in total. The van der Waals surface area contributed by atoms with Crippen molar-refractivity contribution in [2.24, 2.45) is 5.41 Å². The van der Waals surface area contributed by atoms with E-state index < -0.39 is 6.10 Å². The highest BCUT2D eigenvalue weighted by Gasteiger charge is 2.42. The molecular weight excluding hydrogens is 390 g/mol. The summed E-state index contributed by atoms with van der Waals surface area (Å²) in [5.41, 5.74) is 0.635. The third-order valence-electron chi connectivity index (χ3n) is 6.17. The average Bonchev–Trinajstić information content (AvgIpc) is 2.70. The van der Waals surface area contributed by atoms with Gasteiger partial charge in [0.2, 0.25) is 5.91 Å². The maximum absolute atomic E-state index is 12.7. The Kier molecular flexibility index (Phi) is 5.65. The quantitative estimate of drug-likeness (QED) is 0.806. The number of rotatable bonds is 3. The van der Waals surface area contributed by atoms with Crippen molar-refractivity contribution in [3.8, 4) is 5.75 Å². The molecule has 1 aromatic carbocycles. The van der Waals surface area contributed by atoms with Gasteiger partial charge in [0.15, 0.2) is 0 Å². The number of pyridine rings is 1. The van der Waals surface area contributed by atoms with Crippen LogP contribution in [0.2, 0.25) is 5.02 Å². The van der Waals surface area contributed by atoms with Gasteiger partial charge >= 0.3 is 0 Å². The number of benzene rings is 1. The molecular formula is C22H26ClN3O3. The molecule has 2 aromatic rings. The summed E-state index contributed by atoms with van der Waals surface area (Å²) in [6, 6.07) is 10.7. The zero-order valence-corrected chi connectivity index (χ0v) is 17.1. The van der Waals surface area contributed by atoms with E-state index in [2.05, 4.69) is 9.88 Å². The number of amides is 1. The second-order valence-corrected chi connectivity index (χ2v) is 8.70. The highest BCUT2D eigenvalue weighted by atomic mass is 35.5. The first-order valence-electron chi connectivity index (χ1n) is 10.0. The fourth-order valence-electron chi connectivity index (χ4n) is 4.61. The smallest absolute Gasteiger partial charge is 0.227 e. The number of aromatic nitrogens is 1. The molecule has 0 saturated carbocycles. The molecule has 1 atom stereocenters. The number of hydrogen-bond acceptors (Lipinski definition) is 5. The van der Waals surface area contributed by atoms with Crippen molar-refractivity contribution < 1.29 is 15.0 Å². The minimum Gasteiger partial charge on any atom is -0.508 e. The van der Waals surface area contributed by atoms with Gasteiger partial charge in [-0.3, -0.25) is 4.79 Å².